The van der Waals surface area contributed by atoms with Gasteiger partial charge in [0.15, 0.2) is 5.96 Å². The number of likely N-dealkylation sites (tertiary alicyclic amines) is 1. The second-order valence-electron chi connectivity index (χ2n) is 8.44. The molecule has 1 atom stereocenters. The summed E-state index contributed by atoms with van der Waals surface area (Å²) in [4.78, 5) is 20.2. The Labute approximate surface area is 174 Å². The van der Waals surface area contributed by atoms with Crippen molar-refractivity contribution in [3.63, 3.8) is 0 Å². The van der Waals surface area contributed by atoms with Crippen molar-refractivity contribution in [1.82, 2.24) is 20.4 Å². The van der Waals surface area contributed by atoms with Gasteiger partial charge in [0.25, 0.3) is 0 Å². The molecule has 1 unspecified atom stereocenters. The number of likely N-dealkylation sites (N-methyl/N-ethyl adjacent to an activating group) is 1. The Hall–Kier alpha value is -2.48. The van der Waals surface area contributed by atoms with Crippen LogP contribution < -0.4 is 15.4 Å². The smallest absolute Gasteiger partial charge is 0.410 e. The molecule has 8 nitrogen and oxygen atoms in total. The zero-order chi connectivity index (χ0) is 21.6. The van der Waals surface area contributed by atoms with E-state index in [4.69, 9.17) is 9.47 Å². The quantitative estimate of drug-likeness (QED) is 0.557. The van der Waals surface area contributed by atoms with Gasteiger partial charge >= 0.3 is 6.09 Å². The third kappa shape index (κ3) is 6.81. The zero-order valence-electron chi connectivity index (χ0n) is 18.7. The highest BCUT2D eigenvalue weighted by Crippen LogP contribution is 2.22. The minimum Gasteiger partial charge on any atom is -0.497 e. The minimum absolute atomic E-state index is 0.156. The normalized spacial score (nSPS) is 16.3. The first-order valence-corrected chi connectivity index (χ1v) is 9.88. The van der Waals surface area contributed by atoms with Crippen LogP contribution in [0.1, 0.15) is 32.4 Å². The van der Waals surface area contributed by atoms with Gasteiger partial charge < -0.3 is 29.9 Å². The van der Waals surface area contributed by atoms with Crippen LogP contribution in [-0.2, 0) is 4.74 Å². The van der Waals surface area contributed by atoms with Crippen LogP contribution in [0.25, 0.3) is 0 Å². The maximum Gasteiger partial charge on any atom is 0.410 e. The van der Waals surface area contributed by atoms with E-state index in [1.54, 1.807) is 19.1 Å². The highest BCUT2D eigenvalue weighted by Gasteiger charge is 2.34. The van der Waals surface area contributed by atoms with Gasteiger partial charge in [0, 0.05) is 26.7 Å². The summed E-state index contributed by atoms with van der Waals surface area (Å²) in [6, 6.07) is 8.39. The molecule has 1 aliphatic heterocycles. The predicted octanol–water partition coefficient (Wildman–Crippen LogP) is 2.08. The zero-order valence-corrected chi connectivity index (χ0v) is 18.7. The van der Waals surface area contributed by atoms with Crippen molar-refractivity contribution >= 4 is 12.1 Å². The Morgan fingerprint density at radius 2 is 2.03 bits per heavy atom. The van der Waals surface area contributed by atoms with Crippen molar-refractivity contribution < 1.29 is 14.3 Å². The minimum atomic E-state index is -0.478. The van der Waals surface area contributed by atoms with Gasteiger partial charge in [0.05, 0.1) is 19.2 Å². The van der Waals surface area contributed by atoms with E-state index in [-0.39, 0.29) is 18.2 Å². The van der Waals surface area contributed by atoms with Crippen molar-refractivity contribution in [2.24, 2.45) is 4.99 Å². The molecule has 1 aromatic rings. The summed E-state index contributed by atoms with van der Waals surface area (Å²) in [5, 5.41) is 6.76. The molecule has 0 aliphatic carbocycles. The SMILES string of the molecule is CN=C(NCC(c1cccc(OC)c1)N(C)C)NC1CN(C(=O)OC(C)(C)C)C1. The summed E-state index contributed by atoms with van der Waals surface area (Å²) in [6.45, 7) is 7.49. The molecule has 2 N–H and O–H groups in total. The second-order valence-corrected chi connectivity index (χ2v) is 8.44. The summed E-state index contributed by atoms with van der Waals surface area (Å²) >= 11 is 0. The fourth-order valence-electron chi connectivity index (χ4n) is 3.07. The molecular formula is C21H35N5O3. The number of aliphatic imine (C=N–C) groups is 1. The molecule has 29 heavy (non-hydrogen) atoms. The van der Waals surface area contributed by atoms with Gasteiger partial charge in [-0.1, -0.05) is 12.1 Å². The molecule has 0 saturated carbocycles. The standard InChI is InChI=1S/C21H35N5O3/c1-21(2,3)29-20(27)26-13-16(14-26)24-19(22-4)23-12-18(25(5)6)15-9-8-10-17(11-15)28-7/h8-11,16,18H,12-14H2,1-7H3,(H2,22,23,24). The van der Waals surface area contributed by atoms with Crippen molar-refractivity contribution in [3.05, 3.63) is 29.8 Å². The summed E-state index contributed by atoms with van der Waals surface area (Å²) in [6.07, 6.45) is -0.274. The van der Waals surface area contributed by atoms with Gasteiger partial charge in [0.2, 0.25) is 0 Å². The third-order valence-electron chi connectivity index (χ3n) is 4.66. The summed E-state index contributed by atoms with van der Waals surface area (Å²) in [5.74, 6) is 1.56. The number of nitrogens with one attached hydrogen (secondary N) is 2. The Bertz CT molecular complexity index is 709. The summed E-state index contributed by atoms with van der Waals surface area (Å²) in [5.41, 5.74) is 0.686. The molecule has 1 amide bonds. The highest BCUT2D eigenvalue weighted by atomic mass is 16.6. The lowest BCUT2D eigenvalue weighted by molar-refractivity contribution is 0.00700. The molecule has 1 saturated heterocycles. The number of nitrogens with zero attached hydrogens (tertiary/aromatic N) is 3. The van der Waals surface area contributed by atoms with Crippen LogP contribution in [0.4, 0.5) is 4.79 Å². The molecular weight excluding hydrogens is 370 g/mol. The van der Waals surface area contributed by atoms with E-state index in [0.29, 0.717) is 25.6 Å². The van der Waals surface area contributed by atoms with Crippen LogP contribution in [-0.4, -0.2) is 81.4 Å². The van der Waals surface area contributed by atoms with Gasteiger partial charge in [0.1, 0.15) is 11.4 Å². The molecule has 1 aliphatic rings. The molecule has 1 heterocycles. The topological polar surface area (TPSA) is 78.4 Å². The van der Waals surface area contributed by atoms with Gasteiger partial charge in [-0.25, -0.2) is 4.79 Å². The van der Waals surface area contributed by atoms with E-state index in [0.717, 1.165) is 11.3 Å². The van der Waals surface area contributed by atoms with Gasteiger partial charge in [-0.2, -0.15) is 0 Å². The average molecular weight is 406 g/mol. The van der Waals surface area contributed by atoms with Gasteiger partial charge in [-0.05, 0) is 52.6 Å². The van der Waals surface area contributed by atoms with Crippen LogP contribution in [0, 0.1) is 0 Å². The van der Waals surface area contributed by atoms with Crippen LogP contribution in [0.5, 0.6) is 5.75 Å². The highest BCUT2D eigenvalue weighted by molar-refractivity contribution is 5.80. The number of ether oxygens (including phenoxy) is 2. The average Bonchev–Trinajstić information content (AvgIpc) is 2.61. The second kappa shape index (κ2) is 9.82. The maximum atomic E-state index is 12.1. The first kappa shape index (κ1) is 22.8. The molecule has 0 radical (unpaired) electrons. The van der Waals surface area contributed by atoms with E-state index in [1.807, 2.05) is 53.1 Å². The molecule has 1 aromatic carbocycles. The van der Waals surface area contributed by atoms with Crippen LogP contribution in [0.2, 0.25) is 0 Å². The molecule has 1 fully saturated rings. The first-order chi connectivity index (χ1) is 13.6. The summed E-state index contributed by atoms with van der Waals surface area (Å²) < 4.78 is 10.7. The fraction of sp³-hybridized carbons (Fsp3) is 0.619. The molecule has 0 spiro atoms. The van der Waals surface area contributed by atoms with Crippen molar-refractivity contribution in [2.75, 3.05) is 47.9 Å². The van der Waals surface area contributed by atoms with Crippen molar-refractivity contribution in [2.45, 2.75) is 38.5 Å². The Morgan fingerprint density at radius 1 is 1.34 bits per heavy atom. The molecule has 2 rings (SSSR count). The number of guanidine groups is 1. The molecule has 0 aromatic heterocycles. The third-order valence-corrected chi connectivity index (χ3v) is 4.66. The number of methoxy groups -OCH3 is 1. The number of rotatable bonds is 6. The Morgan fingerprint density at radius 3 is 2.59 bits per heavy atom. The lowest BCUT2D eigenvalue weighted by atomic mass is 10.1. The Balaban J connectivity index is 1.86. The lowest BCUT2D eigenvalue weighted by Gasteiger charge is -2.40. The van der Waals surface area contributed by atoms with Crippen molar-refractivity contribution in [3.8, 4) is 5.75 Å². The number of carbonyl (C=O) groups excluding carboxylic acids is 1. The number of carbonyl (C=O) groups is 1. The van der Waals surface area contributed by atoms with E-state index >= 15 is 0 Å². The predicted molar refractivity (Wildman–Crippen MR) is 116 cm³/mol. The van der Waals surface area contributed by atoms with E-state index in [2.05, 4.69) is 26.6 Å². The maximum absolute atomic E-state index is 12.1. The molecule has 0 bridgehead atoms. The monoisotopic (exact) mass is 405 g/mol. The fourth-order valence-corrected chi connectivity index (χ4v) is 3.07. The molecule has 8 heteroatoms. The van der Waals surface area contributed by atoms with E-state index in [1.165, 1.54) is 0 Å². The van der Waals surface area contributed by atoms with Gasteiger partial charge in [-0.15, -0.1) is 0 Å². The van der Waals surface area contributed by atoms with Crippen LogP contribution in [0.3, 0.4) is 0 Å². The number of amides is 1. The Kier molecular flexibility index (Phi) is 7.73. The van der Waals surface area contributed by atoms with Crippen molar-refractivity contribution in [1.29, 1.82) is 0 Å². The lowest BCUT2D eigenvalue weighted by Crippen LogP contribution is -2.63. The first-order valence-electron chi connectivity index (χ1n) is 9.88. The number of benzene rings is 1. The number of hydrogen-bond donors (Lipinski definition) is 2. The van der Waals surface area contributed by atoms with Crippen LogP contribution >= 0.6 is 0 Å². The molecule has 162 valence electrons. The van der Waals surface area contributed by atoms with E-state index < -0.39 is 5.60 Å². The van der Waals surface area contributed by atoms with Crippen LogP contribution in [0.15, 0.2) is 29.3 Å². The van der Waals surface area contributed by atoms with E-state index in [9.17, 15) is 4.79 Å². The van der Waals surface area contributed by atoms with Gasteiger partial charge in [-0.3, -0.25) is 4.99 Å². The summed E-state index contributed by atoms with van der Waals surface area (Å²) in [7, 11) is 7.52. The largest absolute Gasteiger partial charge is 0.497 e. The number of hydrogen-bond acceptors (Lipinski definition) is 5.